The predicted molar refractivity (Wildman–Crippen MR) is 89.2 cm³/mol. The SMILES string of the molecule is [2H][C@@]1(Br)[C@@H]2C[C@H]3C[C@@H](C2)C(=C2C4CC5CC(C4)CC2C5)[C@@H]1C3. The highest BCUT2D eigenvalue weighted by Gasteiger charge is 2.54. The van der Waals surface area contributed by atoms with E-state index in [2.05, 4.69) is 15.9 Å². The molecule has 114 valence electrons. The summed E-state index contributed by atoms with van der Waals surface area (Å²) < 4.78 is 9.04. The number of allylic oxidation sites excluding steroid dienone is 2. The van der Waals surface area contributed by atoms with Crippen LogP contribution in [0.5, 0.6) is 0 Å². The Kier molecular flexibility index (Phi) is 2.34. The molecule has 0 spiro atoms. The van der Waals surface area contributed by atoms with E-state index in [0.29, 0.717) is 11.8 Å². The lowest BCUT2D eigenvalue weighted by atomic mass is 9.48. The van der Waals surface area contributed by atoms with Crippen molar-refractivity contribution in [3.05, 3.63) is 11.1 Å². The van der Waals surface area contributed by atoms with E-state index in [9.17, 15) is 0 Å². The fourth-order valence-corrected chi connectivity index (χ4v) is 8.81. The molecule has 8 aliphatic rings. The lowest BCUT2D eigenvalue weighted by Gasteiger charge is -2.59. The molecule has 8 rings (SSSR count). The molecule has 0 unspecified atom stereocenters. The molecule has 0 aliphatic heterocycles. The second-order valence-corrected chi connectivity index (χ2v) is 10.3. The van der Waals surface area contributed by atoms with Crippen molar-refractivity contribution in [2.75, 3.05) is 0 Å². The van der Waals surface area contributed by atoms with Gasteiger partial charge in [-0.2, -0.15) is 0 Å². The van der Waals surface area contributed by atoms with E-state index >= 15 is 0 Å². The molecule has 0 heterocycles. The van der Waals surface area contributed by atoms with Crippen LogP contribution in [0.15, 0.2) is 11.1 Å². The summed E-state index contributed by atoms with van der Waals surface area (Å²) in [7, 11) is 0. The molecule has 0 aromatic carbocycles. The van der Waals surface area contributed by atoms with Gasteiger partial charge < -0.3 is 0 Å². The van der Waals surface area contributed by atoms with Gasteiger partial charge in [0.1, 0.15) is 0 Å². The zero-order valence-electron chi connectivity index (χ0n) is 13.9. The maximum absolute atomic E-state index is 9.04. The van der Waals surface area contributed by atoms with Gasteiger partial charge in [-0.25, -0.2) is 0 Å². The molecule has 0 aromatic rings. The van der Waals surface area contributed by atoms with Crippen molar-refractivity contribution in [1.82, 2.24) is 0 Å². The molecule has 0 amide bonds. The highest BCUT2D eigenvalue weighted by molar-refractivity contribution is 9.09. The predicted octanol–water partition coefficient (Wildman–Crippen LogP) is 5.57. The largest absolute Gasteiger partial charge is 0.0881 e. The quantitative estimate of drug-likeness (QED) is 0.397. The number of rotatable bonds is 0. The maximum Gasteiger partial charge on any atom is 0.0432 e. The van der Waals surface area contributed by atoms with E-state index in [1.807, 2.05) is 11.1 Å². The second-order valence-electron chi connectivity index (χ2n) is 9.36. The van der Waals surface area contributed by atoms with Gasteiger partial charge in [-0.05, 0) is 105 Å². The van der Waals surface area contributed by atoms with Crippen molar-refractivity contribution in [3.8, 4) is 0 Å². The van der Waals surface area contributed by atoms with Gasteiger partial charge >= 0.3 is 0 Å². The second kappa shape index (κ2) is 4.19. The number of halogens is 1. The third-order valence-electron chi connectivity index (χ3n) is 8.26. The average molecular weight is 348 g/mol. The fourth-order valence-electron chi connectivity index (χ4n) is 8.00. The minimum Gasteiger partial charge on any atom is -0.0881 e. The molecule has 0 aromatic heterocycles. The fraction of sp³-hybridized carbons (Fsp3) is 0.900. The molecule has 5 atom stereocenters. The Morgan fingerprint density at radius 1 is 0.667 bits per heavy atom. The Labute approximate surface area is 138 Å². The standard InChI is InChI=1S/C20H27Br/c21-20-16-7-12-6-15(9-16)19(17(20)8-12)18-13-2-10-1-11(4-13)5-14(18)3-10/h10-17,20H,1-9H2/t10?,11?,12-,13?,14?,15+,16-,17+,20-/m1/s1/i20D. The Hall–Kier alpha value is 0.220. The summed E-state index contributed by atoms with van der Waals surface area (Å²) in [5.41, 5.74) is 3.80. The van der Waals surface area contributed by atoms with Gasteiger partial charge in [0.05, 0.1) is 0 Å². The van der Waals surface area contributed by atoms with Crippen molar-refractivity contribution < 1.29 is 1.37 Å². The van der Waals surface area contributed by atoms with E-state index < -0.39 is 0 Å². The van der Waals surface area contributed by atoms with Crippen LogP contribution in [0.1, 0.15) is 59.2 Å². The molecule has 0 radical (unpaired) electrons. The van der Waals surface area contributed by atoms with Crippen molar-refractivity contribution >= 4 is 15.9 Å². The lowest BCUT2D eigenvalue weighted by Crippen LogP contribution is -2.50. The van der Waals surface area contributed by atoms with Gasteiger partial charge in [-0.15, -0.1) is 0 Å². The van der Waals surface area contributed by atoms with Crippen LogP contribution in [0.3, 0.4) is 0 Å². The summed E-state index contributed by atoms with van der Waals surface area (Å²) in [6.45, 7) is 0. The van der Waals surface area contributed by atoms with E-state index in [1.165, 1.54) is 51.4 Å². The summed E-state index contributed by atoms with van der Waals surface area (Å²) in [6, 6.07) is 0. The molecule has 8 fully saturated rings. The van der Waals surface area contributed by atoms with Crippen LogP contribution < -0.4 is 0 Å². The van der Waals surface area contributed by atoms with Gasteiger partial charge in [0.25, 0.3) is 0 Å². The van der Waals surface area contributed by atoms with Crippen LogP contribution in [0, 0.1) is 47.3 Å². The van der Waals surface area contributed by atoms with E-state index in [1.54, 1.807) is 6.42 Å². The Balaban J connectivity index is 1.49. The van der Waals surface area contributed by atoms with Crippen LogP contribution in [-0.2, 0) is 0 Å². The lowest BCUT2D eigenvalue weighted by molar-refractivity contribution is 0.0458. The van der Waals surface area contributed by atoms with Gasteiger partial charge in [0, 0.05) is 6.17 Å². The molecule has 1 heteroatoms. The molecular weight excluding hydrogens is 320 g/mol. The number of hydrogen-bond acceptors (Lipinski definition) is 0. The molecule has 21 heavy (non-hydrogen) atoms. The van der Waals surface area contributed by atoms with E-state index in [-0.39, 0.29) is 4.80 Å². The van der Waals surface area contributed by atoms with Crippen molar-refractivity contribution in [3.63, 3.8) is 0 Å². The molecule has 0 N–H and O–H groups in total. The van der Waals surface area contributed by atoms with Crippen LogP contribution in [0.2, 0.25) is 0 Å². The summed E-state index contributed by atoms with van der Waals surface area (Å²) in [5.74, 6) is 7.03. The van der Waals surface area contributed by atoms with Gasteiger partial charge in [-0.3, -0.25) is 0 Å². The summed E-state index contributed by atoms with van der Waals surface area (Å²) in [6.07, 6.45) is 13.0. The van der Waals surface area contributed by atoms with Gasteiger partial charge in [0.15, 0.2) is 0 Å². The molecule has 8 bridgehead atoms. The number of alkyl halides is 1. The average Bonchev–Trinajstić information content (AvgIpc) is 2.46. The first-order valence-corrected chi connectivity index (χ1v) is 10.3. The molecular formula is C20H27Br. The molecule has 0 saturated heterocycles. The van der Waals surface area contributed by atoms with Crippen LogP contribution in [0.25, 0.3) is 0 Å². The first-order chi connectivity index (χ1) is 10.6. The van der Waals surface area contributed by atoms with Crippen molar-refractivity contribution in [2.45, 2.75) is 62.6 Å². The van der Waals surface area contributed by atoms with Crippen LogP contribution in [-0.4, -0.2) is 4.80 Å². The van der Waals surface area contributed by atoms with Crippen LogP contribution >= 0.6 is 15.9 Å². The zero-order valence-corrected chi connectivity index (χ0v) is 14.4. The number of hydrogen-bond donors (Lipinski definition) is 0. The van der Waals surface area contributed by atoms with Crippen LogP contribution in [0.4, 0.5) is 0 Å². The topological polar surface area (TPSA) is 0 Å². The van der Waals surface area contributed by atoms with Crippen molar-refractivity contribution in [1.29, 1.82) is 0 Å². The first kappa shape index (κ1) is 11.7. The maximum atomic E-state index is 9.04. The molecule has 0 nitrogen and oxygen atoms in total. The highest BCUT2D eigenvalue weighted by Crippen LogP contribution is 2.64. The highest BCUT2D eigenvalue weighted by atomic mass is 79.9. The third kappa shape index (κ3) is 1.63. The molecule has 8 aliphatic carbocycles. The van der Waals surface area contributed by atoms with E-state index in [0.717, 1.165) is 35.5 Å². The minimum absolute atomic E-state index is 0.322. The Bertz CT molecular complexity index is 532. The Morgan fingerprint density at radius 3 is 1.90 bits per heavy atom. The summed E-state index contributed by atoms with van der Waals surface area (Å²) in [5, 5.41) is 0. The van der Waals surface area contributed by atoms with Gasteiger partial charge in [-0.1, -0.05) is 27.1 Å². The smallest absolute Gasteiger partial charge is 0.0432 e. The minimum atomic E-state index is -0.322. The monoisotopic (exact) mass is 347 g/mol. The molecule has 8 saturated carbocycles. The van der Waals surface area contributed by atoms with E-state index in [4.69, 9.17) is 1.37 Å². The van der Waals surface area contributed by atoms with Crippen molar-refractivity contribution in [2.24, 2.45) is 47.3 Å². The summed E-state index contributed by atoms with van der Waals surface area (Å²) >= 11 is 3.92. The third-order valence-corrected chi connectivity index (χ3v) is 9.46. The first-order valence-electron chi connectivity index (χ1n) is 10.0. The summed E-state index contributed by atoms with van der Waals surface area (Å²) in [4.78, 5) is -0.322. The Morgan fingerprint density at radius 2 is 1.24 bits per heavy atom. The zero-order chi connectivity index (χ0) is 14.6. The van der Waals surface area contributed by atoms with Gasteiger partial charge in [0.2, 0.25) is 0 Å². The normalized spacial score (nSPS) is 64.3.